The molecule has 0 aliphatic heterocycles. The normalized spacial score (nSPS) is 10.9. The second kappa shape index (κ2) is 7.50. The summed E-state index contributed by atoms with van der Waals surface area (Å²) in [5, 5.41) is 3.40. The Morgan fingerprint density at radius 2 is 2.00 bits per heavy atom. The molecular formula is C20H15ClFN3OS. The maximum atomic E-state index is 13.8. The molecule has 4 rings (SSSR count). The molecule has 4 aromatic rings. The van der Waals surface area contributed by atoms with Crippen LogP contribution in [-0.2, 0) is 6.42 Å². The topological polar surface area (TPSA) is 39.9 Å². The van der Waals surface area contributed by atoms with E-state index < -0.39 is 0 Å². The standard InChI is InChI=1S/C20H15ClFN3OS/c1-26-18-7-4-15(22)10-13(18)11-19-24-17(20-23-8-9-27-20)12-25(19)16-5-2-14(21)3-6-16/h2-10,12H,11H2,1H3. The van der Waals surface area contributed by atoms with Crippen molar-refractivity contribution in [2.75, 3.05) is 7.11 Å². The lowest BCUT2D eigenvalue weighted by Crippen LogP contribution is -2.03. The number of hydrogen-bond donors (Lipinski definition) is 0. The van der Waals surface area contributed by atoms with E-state index in [1.807, 2.05) is 40.4 Å². The Labute approximate surface area is 164 Å². The number of halogens is 2. The zero-order valence-corrected chi connectivity index (χ0v) is 16.0. The summed E-state index contributed by atoms with van der Waals surface area (Å²) in [5.41, 5.74) is 2.41. The molecule has 27 heavy (non-hydrogen) atoms. The summed E-state index contributed by atoms with van der Waals surface area (Å²) < 4.78 is 21.1. The molecule has 0 aliphatic rings. The van der Waals surface area contributed by atoms with Gasteiger partial charge in [-0.05, 0) is 42.5 Å². The first kappa shape index (κ1) is 17.7. The first-order valence-electron chi connectivity index (χ1n) is 8.20. The van der Waals surface area contributed by atoms with Crippen LogP contribution in [0, 0.1) is 5.82 Å². The molecule has 0 atom stereocenters. The molecule has 2 aromatic carbocycles. The summed E-state index contributed by atoms with van der Waals surface area (Å²) in [6.45, 7) is 0. The number of imidazole rings is 1. The van der Waals surface area contributed by atoms with Crippen LogP contribution in [0.3, 0.4) is 0 Å². The largest absolute Gasteiger partial charge is 0.496 e. The molecule has 4 nitrogen and oxygen atoms in total. The second-order valence-corrected chi connectivity index (χ2v) is 7.19. The molecule has 0 bridgehead atoms. The molecule has 0 unspecified atom stereocenters. The van der Waals surface area contributed by atoms with Gasteiger partial charge >= 0.3 is 0 Å². The summed E-state index contributed by atoms with van der Waals surface area (Å²) in [7, 11) is 1.57. The lowest BCUT2D eigenvalue weighted by atomic mass is 10.1. The van der Waals surface area contributed by atoms with Gasteiger partial charge in [-0.15, -0.1) is 11.3 Å². The van der Waals surface area contributed by atoms with E-state index in [-0.39, 0.29) is 5.82 Å². The van der Waals surface area contributed by atoms with Crippen molar-refractivity contribution >= 4 is 22.9 Å². The Bertz CT molecular complexity index is 1060. The van der Waals surface area contributed by atoms with Crippen molar-refractivity contribution in [3.05, 3.63) is 82.5 Å². The van der Waals surface area contributed by atoms with E-state index in [2.05, 4.69) is 4.98 Å². The number of hydrogen-bond acceptors (Lipinski definition) is 4. The number of aromatic nitrogens is 3. The van der Waals surface area contributed by atoms with Crippen LogP contribution >= 0.6 is 22.9 Å². The average molecular weight is 400 g/mol. The summed E-state index contributed by atoms with van der Waals surface area (Å²) in [6, 6.07) is 12.0. The van der Waals surface area contributed by atoms with Crippen LogP contribution in [0.4, 0.5) is 4.39 Å². The molecule has 0 fully saturated rings. The Morgan fingerprint density at radius 3 is 2.70 bits per heavy atom. The highest BCUT2D eigenvalue weighted by molar-refractivity contribution is 7.13. The Balaban J connectivity index is 1.81. The van der Waals surface area contributed by atoms with Crippen molar-refractivity contribution in [2.24, 2.45) is 0 Å². The minimum absolute atomic E-state index is 0.310. The zero-order valence-electron chi connectivity index (χ0n) is 14.4. The predicted molar refractivity (Wildman–Crippen MR) is 105 cm³/mol. The van der Waals surface area contributed by atoms with Crippen molar-refractivity contribution in [2.45, 2.75) is 6.42 Å². The number of rotatable bonds is 5. The quantitative estimate of drug-likeness (QED) is 0.452. The van der Waals surface area contributed by atoms with Crippen molar-refractivity contribution in [1.82, 2.24) is 14.5 Å². The summed E-state index contributed by atoms with van der Waals surface area (Å²) in [6.07, 6.45) is 4.09. The van der Waals surface area contributed by atoms with Gasteiger partial charge in [-0.3, -0.25) is 0 Å². The molecule has 2 heterocycles. The van der Waals surface area contributed by atoms with Crippen LogP contribution in [0.5, 0.6) is 5.75 Å². The van der Waals surface area contributed by atoms with E-state index in [9.17, 15) is 4.39 Å². The van der Waals surface area contributed by atoms with E-state index in [4.69, 9.17) is 21.3 Å². The third-order valence-electron chi connectivity index (χ3n) is 4.13. The highest BCUT2D eigenvalue weighted by atomic mass is 35.5. The summed E-state index contributed by atoms with van der Waals surface area (Å²) in [4.78, 5) is 9.09. The van der Waals surface area contributed by atoms with E-state index in [1.165, 1.54) is 23.5 Å². The minimum Gasteiger partial charge on any atom is -0.496 e. The van der Waals surface area contributed by atoms with E-state index in [0.717, 1.165) is 27.8 Å². The summed E-state index contributed by atoms with van der Waals surface area (Å²) >= 11 is 7.54. The lowest BCUT2D eigenvalue weighted by Gasteiger charge is -2.11. The predicted octanol–water partition coefficient (Wildman–Crippen LogP) is 5.39. The van der Waals surface area contributed by atoms with E-state index in [1.54, 1.807) is 19.4 Å². The minimum atomic E-state index is -0.310. The average Bonchev–Trinajstić information content (AvgIpc) is 3.33. The summed E-state index contributed by atoms with van der Waals surface area (Å²) in [5.74, 6) is 1.07. The number of ether oxygens (including phenoxy) is 1. The zero-order chi connectivity index (χ0) is 18.8. The van der Waals surface area contributed by atoms with Crippen LogP contribution in [0.1, 0.15) is 11.4 Å². The number of benzene rings is 2. The lowest BCUT2D eigenvalue weighted by molar-refractivity contribution is 0.409. The van der Waals surface area contributed by atoms with Gasteiger partial charge in [0.15, 0.2) is 0 Å². The highest BCUT2D eigenvalue weighted by Crippen LogP contribution is 2.28. The van der Waals surface area contributed by atoms with E-state index in [0.29, 0.717) is 17.2 Å². The van der Waals surface area contributed by atoms with Crippen LogP contribution < -0.4 is 4.74 Å². The maximum absolute atomic E-state index is 13.8. The molecule has 0 spiro atoms. The molecule has 7 heteroatoms. The van der Waals surface area contributed by atoms with Gasteiger partial charge in [-0.25, -0.2) is 14.4 Å². The fourth-order valence-corrected chi connectivity index (χ4v) is 3.59. The van der Waals surface area contributed by atoms with Crippen LogP contribution in [0.2, 0.25) is 5.02 Å². The van der Waals surface area contributed by atoms with Gasteiger partial charge in [-0.2, -0.15) is 0 Å². The third kappa shape index (κ3) is 3.72. The molecular weight excluding hydrogens is 385 g/mol. The van der Waals surface area contributed by atoms with Gasteiger partial charge in [0.1, 0.15) is 28.1 Å². The monoisotopic (exact) mass is 399 g/mol. The molecule has 2 aromatic heterocycles. The number of thiazole rings is 1. The Hall–Kier alpha value is -2.70. The van der Waals surface area contributed by atoms with E-state index >= 15 is 0 Å². The number of methoxy groups -OCH3 is 1. The Kier molecular flexibility index (Phi) is 4.92. The molecule has 136 valence electrons. The molecule has 0 saturated heterocycles. The second-order valence-electron chi connectivity index (χ2n) is 5.86. The first-order chi connectivity index (χ1) is 13.1. The van der Waals surface area contributed by atoms with Gasteiger partial charge in [0.2, 0.25) is 0 Å². The van der Waals surface area contributed by atoms with Gasteiger partial charge in [0.25, 0.3) is 0 Å². The molecule has 0 saturated carbocycles. The van der Waals surface area contributed by atoms with Crippen LogP contribution in [-0.4, -0.2) is 21.6 Å². The number of nitrogens with zero attached hydrogens (tertiary/aromatic N) is 3. The van der Waals surface area contributed by atoms with Crippen molar-refractivity contribution in [3.63, 3.8) is 0 Å². The molecule has 0 aliphatic carbocycles. The van der Waals surface area contributed by atoms with Crippen LogP contribution in [0.15, 0.2) is 60.2 Å². The Morgan fingerprint density at radius 1 is 1.19 bits per heavy atom. The van der Waals surface area contributed by atoms with Crippen molar-refractivity contribution in [3.8, 4) is 22.1 Å². The van der Waals surface area contributed by atoms with Gasteiger partial charge < -0.3 is 9.30 Å². The molecule has 0 N–H and O–H groups in total. The van der Waals surface area contributed by atoms with Crippen molar-refractivity contribution in [1.29, 1.82) is 0 Å². The maximum Gasteiger partial charge on any atom is 0.143 e. The van der Waals surface area contributed by atoms with Gasteiger partial charge in [0, 0.05) is 40.5 Å². The van der Waals surface area contributed by atoms with Gasteiger partial charge in [-0.1, -0.05) is 11.6 Å². The van der Waals surface area contributed by atoms with Crippen LogP contribution in [0.25, 0.3) is 16.4 Å². The SMILES string of the molecule is COc1ccc(F)cc1Cc1nc(-c2nccs2)cn1-c1ccc(Cl)cc1. The third-order valence-corrected chi connectivity index (χ3v) is 5.17. The fraction of sp³-hybridized carbons (Fsp3) is 0.100. The van der Waals surface area contributed by atoms with Gasteiger partial charge in [0.05, 0.1) is 7.11 Å². The smallest absolute Gasteiger partial charge is 0.143 e. The fourth-order valence-electron chi connectivity index (χ4n) is 2.88. The first-order valence-corrected chi connectivity index (χ1v) is 9.46. The molecule has 0 amide bonds. The highest BCUT2D eigenvalue weighted by Gasteiger charge is 2.16. The molecule has 0 radical (unpaired) electrons. The van der Waals surface area contributed by atoms with Crippen molar-refractivity contribution < 1.29 is 9.13 Å².